The fourth-order valence-electron chi connectivity index (χ4n) is 4.06. The second kappa shape index (κ2) is 8.33. The van der Waals surface area contributed by atoms with Gasteiger partial charge < -0.3 is 0 Å². The Morgan fingerprint density at radius 2 is 1.46 bits per heavy atom. The predicted molar refractivity (Wildman–Crippen MR) is 129 cm³/mol. The summed E-state index contributed by atoms with van der Waals surface area (Å²) in [6.45, 7) is 20.9. The van der Waals surface area contributed by atoms with Gasteiger partial charge in [0, 0.05) is 25.4 Å². The summed E-state index contributed by atoms with van der Waals surface area (Å²) in [6.07, 6.45) is 4.63. The standard InChI is InChI=1S/C25H36NPS/c1-23(2,3)19-15-20(24(4,5)6)22(27-28)21(25(7,8)9)18(19)16-26-17-13-11-10-12-14-17/h10-16,18,21H,1-9H3. The largest absolute Gasteiger partial charge is 0.261 e. The second-order valence-corrected chi connectivity index (χ2v) is 12.2. The number of hydrogen-bond acceptors (Lipinski definition) is 2. The molecule has 0 fully saturated rings. The molecule has 0 aromatic heterocycles. The van der Waals surface area contributed by atoms with Crippen LogP contribution < -0.4 is 0 Å². The van der Waals surface area contributed by atoms with E-state index in [2.05, 4.69) is 86.7 Å². The Labute approximate surface area is 179 Å². The van der Waals surface area contributed by atoms with Crippen LogP contribution in [0.25, 0.3) is 0 Å². The molecule has 0 spiro atoms. The Morgan fingerprint density at radius 3 is 1.89 bits per heavy atom. The van der Waals surface area contributed by atoms with Gasteiger partial charge in [-0.1, -0.05) is 104 Å². The zero-order valence-corrected chi connectivity index (χ0v) is 20.7. The summed E-state index contributed by atoms with van der Waals surface area (Å²) < 4.78 is 0. The second-order valence-electron chi connectivity index (χ2n) is 11.0. The lowest BCUT2D eigenvalue weighted by Crippen LogP contribution is -2.38. The van der Waals surface area contributed by atoms with E-state index in [4.69, 9.17) is 16.8 Å². The molecule has 0 radical (unpaired) electrons. The summed E-state index contributed by atoms with van der Waals surface area (Å²) in [4.78, 5) is 4.89. The van der Waals surface area contributed by atoms with Crippen LogP contribution in [0.15, 0.2) is 57.9 Å². The number of aliphatic imine (C=N–C) groups is 1. The average molecular weight is 414 g/mol. The van der Waals surface area contributed by atoms with Crippen molar-refractivity contribution in [2.45, 2.75) is 62.3 Å². The molecule has 0 aliphatic heterocycles. The lowest BCUT2D eigenvalue weighted by Gasteiger charge is -2.45. The molecule has 0 saturated heterocycles. The predicted octanol–water partition coefficient (Wildman–Crippen LogP) is 8.36. The van der Waals surface area contributed by atoms with Gasteiger partial charge in [0.1, 0.15) is 0 Å². The van der Waals surface area contributed by atoms with Crippen molar-refractivity contribution in [1.82, 2.24) is 0 Å². The van der Waals surface area contributed by atoms with Crippen LogP contribution in [0.2, 0.25) is 0 Å². The van der Waals surface area contributed by atoms with Gasteiger partial charge in [-0.15, -0.1) is 0 Å². The molecule has 1 aromatic rings. The van der Waals surface area contributed by atoms with Gasteiger partial charge in [-0.2, -0.15) is 0 Å². The number of allylic oxidation sites excluding steroid dienone is 4. The SMILES string of the molecule is CC(C)(C)C1=CC(C(C)(C)C)=C(P=S)C(C(C)(C)C)C1C=Nc1ccccc1. The lowest BCUT2D eigenvalue weighted by atomic mass is 9.61. The van der Waals surface area contributed by atoms with Crippen LogP contribution in [-0.2, 0) is 11.8 Å². The topological polar surface area (TPSA) is 12.4 Å². The first-order chi connectivity index (χ1) is 12.8. The van der Waals surface area contributed by atoms with Crippen LogP contribution in [-0.4, -0.2) is 6.21 Å². The summed E-state index contributed by atoms with van der Waals surface area (Å²) in [7, 11) is 0.956. The smallest absolute Gasteiger partial charge is 0.0625 e. The Balaban J connectivity index is 2.73. The maximum absolute atomic E-state index is 5.67. The number of para-hydroxylation sites is 1. The van der Waals surface area contributed by atoms with Crippen molar-refractivity contribution in [3.8, 4) is 0 Å². The van der Waals surface area contributed by atoms with Crippen molar-refractivity contribution in [3.63, 3.8) is 0 Å². The van der Waals surface area contributed by atoms with Crippen molar-refractivity contribution in [3.05, 3.63) is 52.9 Å². The molecule has 152 valence electrons. The van der Waals surface area contributed by atoms with E-state index in [9.17, 15) is 0 Å². The van der Waals surface area contributed by atoms with E-state index in [1.807, 2.05) is 18.2 Å². The van der Waals surface area contributed by atoms with Crippen molar-refractivity contribution in [2.24, 2.45) is 33.1 Å². The number of rotatable bonds is 3. The van der Waals surface area contributed by atoms with Gasteiger partial charge in [-0.3, -0.25) is 4.99 Å². The fraction of sp³-hybridized carbons (Fsp3) is 0.560. The quantitative estimate of drug-likeness (QED) is 0.358. The molecule has 0 N–H and O–H groups in total. The molecule has 0 amide bonds. The summed E-state index contributed by atoms with van der Waals surface area (Å²) in [5.74, 6) is 0.587. The lowest BCUT2D eigenvalue weighted by molar-refractivity contribution is 0.237. The molecule has 1 aliphatic rings. The highest BCUT2D eigenvalue weighted by Crippen LogP contribution is 2.54. The molecule has 2 unspecified atom stereocenters. The highest BCUT2D eigenvalue weighted by molar-refractivity contribution is 7.98. The van der Waals surface area contributed by atoms with Gasteiger partial charge in [0.25, 0.3) is 0 Å². The van der Waals surface area contributed by atoms with Crippen LogP contribution in [0.5, 0.6) is 0 Å². The molecule has 1 aromatic carbocycles. The van der Waals surface area contributed by atoms with Crippen LogP contribution in [0, 0.1) is 28.1 Å². The van der Waals surface area contributed by atoms with Gasteiger partial charge in [0.15, 0.2) is 0 Å². The Kier molecular flexibility index (Phi) is 6.89. The van der Waals surface area contributed by atoms with E-state index in [0.717, 1.165) is 13.0 Å². The molecule has 0 heterocycles. The maximum atomic E-state index is 5.67. The van der Waals surface area contributed by atoms with Crippen LogP contribution in [0.3, 0.4) is 0 Å². The molecule has 0 saturated carbocycles. The highest BCUT2D eigenvalue weighted by atomic mass is 32.4. The van der Waals surface area contributed by atoms with Crippen LogP contribution in [0.1, 0.15) is 62.3 Å². The van der Waals surface area contributed by atoms with E-state index in [1.54, 1.807) is 0 Å². The summed E-state index contributed by atoms with van der Waals surface area (Å²) >= 11 is 5.67. The minimum Gasteiger partial charge on any atom is -0.261 e. The van der Waals surface area contributed by atoms with Gasteiger partial charge in [-0.05, 0) is 39.3 Å². The summed E-state index contributed by atoms with van der Waals surface area (Å²) in [5, 5.41) is 1.40. The van der Waals surface area contributed by atoms with Crippen molar-refractivity contribution in [1.29, 1.82) is 0 Å². The molecule has 28 heavy (non-hydrogen) atoms. The minimum absolute atomic E-state index is 0.0667. The summed E-state index contributed by atoms with van der Waals surface area (Å²) in [6, 6.07) is 10.2. The molecule has 3 heteroatoms. The first-order valence-corrected chi connectivity index (χ1v) is 12.1. The van der Waals surface area contributed by atoms with Crippen LogP contribution >= 0.6 is 7.36 Å². The molecule has 1 nitrogen and oxygen atoms in total. The van der Waals surface area contributed by atoms with Crippen molar-refractivity contribution in [2.75, 3.05) is 0 Å². The first kappa shape index (κ1) is 23.2. The van der Waals surface area contributed by atoms with Gasteiger partial charge in [0.05, 0.1) is 5.69 Å². The Morgan fingerprint density at radius 1 is 0.893 bits per heavy atom. The highest BCUT2D eigenvalue weighted by Gasteiger charge is 2.43. The fourth-order valence-corrected chi connectivity index (χ4v) is 5.86. The monoisotopic (exact) mass is 413 g/mol. The van der Waals surface area contributed by atoms with Gasteiger partial charge in [-0.25, -0.2) is 0 Å². The number of nitrogens with zero attached hydrogens (tertiary/aromatic N) is 1. The molecule has 1 aliphatic carbocycles. The van der Waals surface area contributed by atoms with Gasteiger partial charge >= 0.3 is 0 Å². The van der Waals surface area contributed by atoms with Crippen molar-refractivity contribution < 1.29 is 0 Å². The molecule has 0 bridgehead atoms. The van der Waals surface area contributed by atoms with Crippen LogP contribution in [0.4, 0.5) is 5.69 Å². The number of hydrogen-bond donors (Lipinski definition) is 0. The molecular formula is C25H36NPS. The van der Waals surface area contributed by atoms with E-state index in [1.165, 1.54) is 16.5 Å². The zero-order chi connectivity index (χ0) is 21.3. The third-order valence-electron chi connectivity index (χ3n) is 5.43. The van der Waals surface area contributed by atoms with E-state index in [-0.39, 0.29) is 22.2 Å². The molecular weight excluding hydrogens is 377 g/mol. The normalized spacial score (nSPS) is 22.1. The Hall–Kier alpha value is -1.11. The maximum Gasteiger partial charge on any atom is 0.0625 e. The van der Waals surface area contributed by atoms with E-state index >= 15 is 0 Å². The Bertz CT molecular complexity index is 796. The van der Waals surface area contributed by atoms with E-state index < -0.39 is 0 Å². The third-order valence-corrected chi connectivity index (χ3v) is 6.74. The number of benzene rings is 1. The van der Waals surface area contributed by atoms with E-state index in [0.29, 0.717) is 5.92 Å². The summed E-state index contributed by atoms with van der Waals surface area (Å²) in [5.41, 5.74) is 4.11. The van der Waals surface area contributed by atoms with Crippen molar-refractivity contribution >= 4 is 31.1 Å². The first-order valence-electron chi connectivity index (χ1n) is 10.2. The zero-order valence-electron chi connectivity index (χ0n) is 19.0. The van der Waals surface area contributed by atoms with Gasteiger partial charge in [0.2, 0.25) is 0 Å². The minimum atomic E-state index is 0.0667. The third kappa shape index (κ3) is 5.28. The molecule has 2 rings (SSSR count). The average Bonchev–Trinajstić information content (AvgIpc) is 2.56. The molecule has 2 atom stereocenters.